The predicted octanol–water partition coefficient (Wildman–Crippen LogP) is 1.64. The van der Waals surface area contributed by atoms with E-state index in [-0.39, 0.29) is 11.8 Å². The van der Waals surface area contributed by atoms with Crippen molar-refractivity contribution < 1.29 is 9.59 Å². The fourth-order valence-corrected chi connectivity index (χ4v) is 3.34. The zero-order chi connectivity index (χ0) is 16.9. The van der Waals surface area contributed by atoms with Crippen LogP contribution in [0.1, 0.15) is 20.3 Å². The monoisotopic (exact) mass is 335 g/mol. The number of hydrogen-bond donors (Lipinski definition) is 2. The highest BCUT2D eigenvalue weighted by Gasteiger charge is 2.37. The molecule has 0 aromatic heterocycles. The van der Waals surface area contributed by atoms with Gasteiger partial charge in [0, 0.05) is 31.6 Å². The van der Waals surface area contributed by atoms with E-state index in [0.29, 0.717) is 12.3 Å². The molecule has 0 bridgehead atoms. The Morgan fingerprint density at radius 2 is 2.09 bits per heavy atom. The third-order valence-corrected chi connectivity index (χ3v) is 5.35. The van der Waals surface area contributed by atoms with Crippen LogP contribution in [0.15, 0.2) is 30.3 Å². The number of amides is 2. The lowest BCUT2D eigenvalue weighted by Gasteiger charge is -2.32. The summed E-state index contributed by atoms with van der Waals surface area (Å²) in [7, 11) is 2.04. The molecule has 0 saturated carbocycles. The number of rotatable bonds is 6. The van der Waals surface area contributed by atoms with Gasteiger partial charge in [-0.1, -0.05) is 18.2 Å². The molecule has 23 heavy (non-hydrogen) atoms. The second-order valence-corrected chi connectivity index (χ2v) is 7.89. The zero-order valence-corrected chi connectivity index (χ0v) is 14.8. The van der Waals surface area contributed by atoms with Crippen LogP contribution in [0, 0.1) is 0 Å². The molecule has 0 unspecified atom stereocenters. The molecule has 5 nitrogen and oxygen atoms in total. The number of thioether (sulfide) groups is 1. The number of anilines is 1. The summed E-state index contributed by atoms with van der Waals surface area (Å²) < 4.78 is -0.449. The van der Waals surface area contributed by atoms with E-state index in [1.807, 2.05) is 39.1 Å². The van der Waals surface area contributed by atoms with Crippen LogP contribution in [0.2, 0.25) is 0 Å². The van der Waals surface area contributed by atoms with Crippen molar-refractivity contribution in [3.63, 3.8) is 0 Å². The summed E-state index contributed by atoms with van der Waals surface area (Å²) in [6.45, 7) is 5.22. The minimum atomic E-state index is -0.449. The summed E-state index contributed by atoms with van der Waals surface area (Å²) in [4.78, 5) is 26.2. The summed E-state index contributed by atoms with van der Waals surface area (Å²) in [6, 6.07) is 9.73. The summed E-state index contributed by atoms with van der Waals surface area (Å²) in [5.41, 5.74) is 1.16. The van der Waals surface area contributed by atoms with Crippen molar-refractivity contribution in [3.8, 4) is 0 Å². The quantitative estimate of drug-likeness (QED) is 0.776. The Balaban J connectivity index is 1.68. The number of carbonyl (C=O) groups is 2. The maximum atomic E-state index is 12.1. The van der Waals surface area contributed by atoms with Gasteiger partial charge >= 0.3 is 0 Å². The molecule has 1 atom stereocenters. The average Bonchev–Trinajstić information content (AvgIpc) is 2.54. The summed E-state index contributed by atoms with van der Waals surface area (Å²) in [5, 5.41) is 5.71. The number of benzene rings is 1. The van der Waals surface area contributed by atoms with Gasteiger partial charge < -0.3 is 15.5 Å². The molecule has 2 rings (SSSR count). The van der Waals surface area contributed by atoms with Crippen molar-refractivity contribution in [3.05, 3.63) is 30.3 Å². The molecule has 2 amide bonds. The van der Waals surface area contributed by atoms with Crippen LogP contribution in [0.4, 0.5) is 5.69 Å². The van der Waals surface area contributed by atoms with Crippen molar-refractivity contribution in [2.45, 2.75) is 31.1 Å². The third kappa shape index (κ3) is 4.89. The molecule has 1 fully saturated rings. The largest absolute Gasteiger partial charge is 0.375 e. The fraction of sp³-hybridized carbons (Fsp3) is 0.529. The molecule has 126 valence electrons. The molecule has 1 heterocycles. The number of hydrogen-bond acceptors (Lipinski definition) is 4. The highest BCUT2D eigenvalue weighted by Crippen LogP contribution is 2.28. The third-order valence-electron chi connectivity index (χ3n) is 3.95. The maximum Gasteiger partial charge on any atom is 0.243 e. The molecule has 6 heteroatoms. The molecule has 1 aliphatic rings. The first-order chi connectivity index (χ1) is 10.9. The molecule has 0 radical (unpaired) electrons. The molecule has 1 aromatic rings. The van der Waals surface area contributed by atoms with E-state index in [9.17, 15) is 9.59 Å². The zero-order valence-electron chi connectivity index (χ0n) is 14.0. The van der Waals surface area contributed by atoms with E-state index in [1.54, 1.807) is 0 Å². The topological polar surface area (TPSA) is 61.4 Å². The van der Waals surface area contributed by atoms with E-state index in [0.717, 1.165) is 18.7 Å². The minimum absolute atomic E-state index is 0.0716. The van der Waals surface area contributed by atoms with Crippen molar-refractivity contribution in [2.24, 2.45) is 0 Å². The van der Waals surface area contributed by atoms with Crippen molar-refractivity contribution in [1.82, 2.24) is 10.6 Å². The summed E-state index contributed by atoms with van der Waals surface area (Å²) in [5.74, 6) is 0.454. The van der Waals surface area contributed by atoms with Crippen LogP contribution >= 0.6 is 11.8 Å². The van der Waals surface area contributed by atoms with E-state index in [4.69, 9.17) is 0 Å². The van der Waals surface area contributed by atoms with Gasteiger partial charge in [0.25, 0.3) is 0 Å². The van der Waals surface area contributed by atoms with Crippen LogP contribution in [0.3, 0.4) is 0 Å². The van der Waals surface area contributed by atoms with Crippen LogP contribution in [-0.4, -0.2) is 48.5 Å². The van der Waals surface area contributed by atoms with Gasteiger partial charge in [-0.15, -0.1) is 11.8 Å². The number of carbonyl (C=O) groups excluding carboxylic acids is 2. The van der Waals surface area contributed by atoms with E-state index in [1.165, 1.54) is 11.8 Å². The molecular weight excluding hydrogens is 310 g/mol. The Kier molecular flexibility index (Phi) is 5.93. The number of nitrogens with one attached hydrogen (secondary N) is 2. The van der Waals surface area contributed by atoms with Crippen molar-refractivity contribution in [1.29, 1.82) is 0 Å². The minimum Gasteiger partial charge on any atom is -0.375 e. The normalized spacial score (nSPS) is 19.8. The average molecular weight is 335 g/mol. The van der Waals surface area contributed by atoms with Crippen LogP contribution in [0.25, 0.3) is 0 Å². The molecule has 0 aliphatic carbocycles. The first kappa shape index (κ1) is 17.7. The van der Waals surface area contributed by atoms with Gasteiger partial charge in [-0.25, -0.2) is 0 Å². The molecule has 1 aliphatic heterocycles. The second kappa shape index (κ2) is 7.73. The van der Waals surface area contributed by atoms with Gasteiger partial charge in [-0.05, 0) is 32.4 Å². The molecule has 0 spiro atoms. The van der Waals surface area contributed by atoms with Crippen molar-refractivity contribution in [2.75, 3.05) is 30.8 Å². The van der Waals surface area contributed by atoms with E-state index < -0.39 is 10.8 Å². The second-order valence-electron chi connectivity index (χ2n) is 6.25. The maximum absolute atomic E-state index is 12.1. The lowest BCUT2D eigenvalue weighted by molar-refractivity contribution is -0.129. The SMILES string of the molecule is CN(CCCNC(=O)[C@@H]1CSC(C)(C)C(=O)N1)c1ccccc1. The highest BCUT2D eigenvalue weighted by atomic mass is 32.2. The van der Waals surface area contributed by atoms with E-state index >= 15 is 0 Å². The Bertz CT molecular complexity index is 548. The molecule has 2 N–H and O–H groups in total. The van der Waals surface area contributed by atoms with Gasteiger partial charge in [-0.3, -0.25) is 9.59 Å². The van der Waals surface area contributed by atoms with Gasteiger partial charge in [-0.2, -0.15) is 0 Å². The standard InChI is InChI=1S/C17H25N3O2S/c1-17(2)16(22)19-14(12-23-17)15(21)18-10-7-11-20(3)13-8-5-4-6-9-13/h4-6,8-9,14H,7,10-12H2,1-3H3,(H,18,21)(H,19,22)/t14-/m0/s1. The van der Waals surface area contributed by atoms with Crippen LogP contribution in [-0.2, 0) is 9.59 Å². The smallest absolute Gasteiger partial charge is 0.243 e. The van der Waals surface area contributed by atoms with Gasteiger partial charge in [0.15, 0.2) is 0 Å². The van der Waals surface area contributed by atoms with E-state index in [2.05, 4.69) is 27.7 Å². The lowest BCUT2D eigenvalue weighted by atomic mass is 10.1. The fourth-order valence-electron chi connectivity index (χ4n) is 2.33. The number of nitrogens with zero attached hydrogens (tertiary/aromatic N) is 1. The first-order valence-electron chi connectivity index (χ1n) is 7.89. The summed E-state index contributed by atoms with van der Waals surface area (Å²) >= 11 is 1.53. The summed E-state index contributed by atoms with van der Waals surface area (Å²) in [6.07, 6.45) is 0.858. The molecule has 1 aromatic carbocycles. The Hall–Kier alpha value is -1.69. The number of para-hydroxylation sites is 1. The Labute approximate surface area is 142 Å². The molecular formula is C17H25N3O2S. The Morgan fingerprint density at radius 1 is 1.39 bits per heavy atom. The first-order valence-corrected chi connectivity index (χ1v) is 8.87. The van der Waals surface area contributed by atoms with Gasteiger partial charge in [0.1, 0.15) is 6.04 Å². The Morgan fingerprint density at radius 3 is 2.74 bits per heavy atom. The highest BCUT2D eigenvalue weighted by molar-refractivity contribution is 8.01. The van der Waals surface area contributed by atoms with Crippen LogP contribution < -0.4 is 15.5 Å². The molecule has 1 saturated heterocycles. The van der Waals surface area contributed by atoms with Gasteiger partial charge in [0.2, 0.25) is 11.8 Å². The predicted molar refractivity (Wildman–Crippen MR) is 95.8 cm³/mol. The van der Waals surface area contributed by atoms with Crippen molar-refractivity contribution >= 4 is 29.3 Å². The van der Waals surface area contributed by atoms with Crippen LogP contribution in [0.5, 0.6) is 0 Å². The lowest BCUT2D eigenvalue weighted by Crippen LogP contribution is -2.57. The van der Waals surface area contributed by atoms with Gasteiger partial charge in [0.05, 0.1) is 4.75 Å².